The zero-order valence-electron chi connectivity index (χ0n) is 14.4. The van der Waals surface area contributed by atoms with E-state index < -0.39 is 11.9 Å². The van der Waals surface area contributed by atoms with Gasteiger partial charge < -0.3 is 16.4 Å². The van der Waals surface area contributed by atoms with E-state index in [1.54, 1.807) is 6.92 Å². The van der Waals surface area contributed by atoms with Crippen LogP contribution in [-0.2, 0) is 20.8 Å². The molecule has 0 bridgehead atoms. The van der Waals surface area contributed by atoms with E-state index >= 15 is 0 Å². The van der Waals surface area contributed by atoms with E-state index in [9.17, 15) is 14.4 Å². The average molecular weight is 333 g/mol. The molecule has 0 aliphatic rings. The molecule has 0 fully saturated rings. The first-order chi connectivity index (χ1) is 11.4. The van der Waals surface area contributed by atoms with Crippen molar-refractivity contribution in [3.8, 4) is 0 Å². The smallest absolute Gasteiger partial charge is 0.242 e. The number of amides is 3. The Balaban J connectivity index is 2.55. The maximum Gasteiger partial charge on any atom is 0.242 e. The van der Waals surface area contributed by atoms with Crippen LogP contribution in [-0.4, -0.2) is 30.3 Å². The van der Waals surface area contributed by atoms with Crippen molar-refractivity contribution in [1.82, 2.24) is 10.6 Å². The standard InChI is InChI=1S/C18H27N3O3/c1-3-13(2)17(23)21-15(9-10-16(19)22)18(24)20-12-11-14-7-5-4-6-8-14/h4-8,13,15H,3,9-12H2,1-2H3,(H2,19,22)(H,20,24)(H,21,23)/t13-,15+/m1/s1. The summed E-state index contributed by atoms with van der Waals surface area (Å²) in [4.78, 5) is 35.3. The van der Waals surface area contributed by atoms with Crippen LogP contribution >= 0.6 is 0 Å². The van der Waals surface area contributed by atoms with Gasteiger partial charge in [-0.3, -0.25) is 14.4 Å². The quantitative estimate of drug-likeness (QED) is 0.598. The fourth-order valence-electron chi connectivity index (χ4n) is 2.15. The highest BCUT2D eigenvalue weighted by Gasteiger charge is 2.23. The minimum absolute atomic E-state index is 0.0531. The Bertz CT molecular complexity index is 546. The third kappa shape index (κ3) is 7.26. The van der Waals surface area contributed by atoms with Gasteiger partial charge in [0, 0.05) is 18.9 Å². The van der Waals surface area contributed by atoms with Gasteiger partial charge in [-0.1, -0.05) is 44.2 Å². The van der Waals surface area contributed by atoms with Crippen molar-refractivity contribution in [2.75, 3.05) is 6.54 Å². The summed E-state index contributed by atoms with van der Waals surface area (Å²) < 4.78 is 0. The molecule has 6 nitrogen and oxygen atoms in total. The molecule has 0 radical (unpaired) electrons. The van der Waals surface area contributed by atoms with Crippen LogP contribution in [0.4, 0.5) is 0 Å². The Labute approximate surface area is 143 Å². The number of benzene rings is 1. The van der Waals surface area contributed by atoms with Crippen LogP contribution in [0.5, 0.6) is 0 Å². The van der Waals surface area contributed by atoms with E-state index in [1.165, 1.54) is 0 Å². The van der Waals surface area contributed by atoms with Gasteiger partial charge in [-0.2, -0.15) is 0 Å². The molecule has 0 unspecified atom stereocenters. The molecule has 4 N–H and O–H groups in total. The summed E-state index contributed by atoms with van der Waals surface area (Å²) >= 11 is 0. The van der Waals surface area contributed by atoms with Gasteiger partial charge in [0.15, 0.2) is 0 Å². The van der Waals surface area contributed by atoms with Crippen molar-refractivity contribution in [2.45, 2.75) is 45.6 Å². The van der Waals surface area contributed by atoms with Crippen molar-refractivity contribution in [2.24, 2.45) is 11.7 Å². The number of nitrogens with two attached hydrogens (primary N) is 1. The fourth-order valence-corrected chi connectivity index (χ4v) is 2.15. The number of nitrogens with one attached hydrogen (secondary N) is 2. The number of primary amides is 1. The Kier molecular flexibility index (Phi) is 8.54. The minimum Gasteiger partial charge on any atom is -0.370 e. The first kappa shape index (κ1) is 19.7. The van der Waals surface area contributed by atoms with Gasteiger partial charge in [-0.25, -0.2) is 0 Å². The van der Waals surface area contributed by atoms with Gasteiger partial charge >= 0.3 is 0 Å². The van der Waals surface area contributed by atoms with E-state index in [0.29, 0.717) is 19.4 Å². The van der Waals surface area contributed by atoms with Gasteiger partial charge in [0.2, 0.25) is 17.7 Å². The number of rotatable bonds is 10. The van der Waals surface area contributed by atoms with E-state index in [4.69, 9.17) is 5.73 Å². The summed E-state index contributed by atoms with van der Waals surface area (Å²) in [5, 5.41) is 5.52. The highest BCUT2D eigenvalue weighted by atomic mass is 16.2. The Hall–Kier alpha value is -2.37. The van der Waals surface area contributed by atoms with Crippen LogP contribution < -0.4 is 16.4 Å². The zero-order chi connectivity index (χ0) is 17.9. The highest BCUT2D eigenvalue weighted by molar-refractivity contribution is 5.88. The lowest BCUT2D eigenvalue weighted by atomic mass is 10.1. The van der Waals surface area contributed by atoms with Crippen LogP contribution in [0.3, 0.4) is 0 Å². The summed E-state index contributed by atoms with van der Waals surface area (Å²) in [6, 6.07) is 9.06. The number of hydrogen-bond acceptors (Lipinski definition) is 3. The molecule has 1 aromatic carbocycles. The average Bonchev–Trinajstić information content (AvgIpc) is 2.58. The summed E-state index contributed by atoms with van der Waals surface area (Å²) in [7, 11) is 0. The second-order valence-corrected chi connectivity index (χ2v) is 5.90. The van der Waals surface area contributed by atoms with Gasteiger partial charge in [0.1, 0.15) is 6.04 Å². The minimum atomic E-state index is -0.741. The summed E-state index contributed by atoms with van der Waals surface area (Å²) in [6.07, 6.45) is 1.64. The third-order valence-corrected chi connectivity index (χ3v) is 3.93. The fraction of sp³-hybridized carbons (Fsp3) is 0.500. The summed E-state index contributed by atoms with van der Waals surface area (Å²) in [5.74, 6) is -1.15. The molecule has 3 amide bonds. The predicted molar refractivity (Wildman–Crippen MR) is 93.0 cm³/mol. The second-order valence-electron chi connectivity index (χ2n) is 5.90. The number of hydrogen-bond donors (Lipinski definition) is 3. The molecule has 6 heteroatoms. The van der Waals surface area contributed by atoms with Crippen LogP contribution in [0.25, 0.3) is 0 Å². The van der Waals surface area contributed by atoms with E-state index in [0.717, 1.165) is 5.56 Å². The molecule has 132 valence electrons. The maximum absolute atomic E-state index is 12.3. The monoisotopic (exact) mass is 333 g/mol. The predicted octanol–water partition coefficient (Wildman–Crippen LogP) is 1.14. The molecular formula is C18H27N3O3. The van der Waals surface area contributed by atoms with Gasteiger partial charge in [0.25, 0.3) is 0 Å². The van der Waals surface area contributed by atoms with E-state index in [2.05, 4.69) is 10.6 Å². The molecule has 2 atom stereocenters. The summed E-state index contributed by atoms with van der Waals surface area (Å²) in [6.45, 7) is 4.17. The lowest BCUT2D eigenvalue weighted by Crippen LogP contribution is -2.48. The third-order valence-electron chi connectivity index (χ3n) is 3.93. The first-order valence-electron chi connectivity index (χ1n) is 8.34. The molecule has 24 heavy (non-hydrogen) atoms. The second kappa shape index (κ2) is 10.4. The molecule has 0 aromatic heterocycles. The zero-order valence-corrected chi connectivity index (χ0v) is 14.4. The number of carbonyl (C=O) groups is 3. The van der Waals surface area contributed by atoms with Crippen LogP contribution in [0.2, 0.25) is 0 Å². The van der Waals surface area contributed by atoms with Crippen molar-refractivity contribution in [3.63, 3.8) is 0 Å². The largest absolute Gasteiger partial charge is 0.370 e. The van der Waals surface area contributed by atoms with Crippen molar-refractivity contribution in [1.29, 1.82) is 0 Å². The van der Waals surface area contributed by atoms with E-state index in [-0.39, 0.29) is 30.6 Å². The van der Waals surface area contributed by atoms with Gasteiger partial charge in [0.05, 0.1) is 0 Å². The SMILES string of the molecule is CC[C@@H](C)C(=O)N[C@@H](CCC(N)=O)C(=O)NCCc1ccccc1. The van der Waals surface area contributed by atoms with Gasteiger partial charge in [-0.15, -0.1) is 0 Å². The molecule has 0 saturated heterocycles. The van der Waals surface area contributed by atoms with Crippen LogP contribution in [0.15, 0.2) is 30.3 Å². The van der Waals surface area contributed by atoms with Crippen molar-refractivity contribution < 1.29 is 14.4 Å². The van der Waals surface area contributed by atoms with Crippen LogP contribution in [0, 0.1) is 5.92 Å². The molecule has 0 heterocycles. The lowest BCUT2D eigenvalue weighted by molar-refractivity contribution is -0.131. The van der Waals surface area contributed by atoms with Crippen molar-refractivity contribution in [3.05, 3.63) is 35.9 Å². The Morgan fingerprint density at radius 1 is 1.12 bits per heavy atom. The lowest BCUT2D eigenvalue weighted by Gasteiger charge is -2.20. The first-order valence-corrected chi connectivity index (χ1v) is 8.34. The van der Waals surface area contributed by atoms with Crippen LogP contribution in [0.1, 0.15) is 38.7 Å². The topological polar surface area (TPSA) is 101 Å². The molecule has 0 spiro atoms. The molecule has 0 saturated carbocycles. The molecule has 0 aliphatic heterocycles. The highest BCUT2D eigenvalue weighted by Crippen LogP contribution is 2.04. The maximum atomic E-state index is 12.3. The Morgan fingerprint density at radius 2 is 1.79 bits per heavy atom. The Morgan fingerprint density at radius 3 is 2.38 bits per heavy atom. The molecule has 1 rings (SSSR count). The molecular weight excluding hydrogens is 306 g/mol. The van der Waals surface area contributed by atoms with Crippen molar-refractivity contribution >= 4 is 17.7 Å². The normalized spacial score (nSPS) is 12.9. The molecule has 1 aromatic rings. The van der Waals surface area contributed by atoms with E-state index in [1.807, 2.05) is 37.3 Å². The number of carbonyl (C=O) groups excluding carboxylic acids is 3. The van der Waals surface area contributed by atoms with Gasteiger partial charge in [-0.05, 0) is 24.8 Å². The molecule has 0 aliphatic carbocycles. The summed E-state index contributed by atoms with van der Waals surface area (Å²) in [5.41, 5.74) is 6.27.